The summed E-state index contributed by atoms with van der Waals surface area (Å²) in [5.41, 5.74) is 2.79. The molecule has 4 rings (SSSR count). The van der Waals surface area contributed by atoms with E-state index in [2.05, 4.69) is 45.5 Å². The molecule has 142 valence electrons. The molecule has 0 atom stereocenters. The molecule has 28 heavy (non-hydrogen) atoms. The van der Waals surface area contributed by atoms with E-state index in [0.29, 0.717) is 5.56 Å². The molecule has 2 heterocycles. The number of aromatic nitrogens is 1. The van der Waals surface area contributed by atoms with Crippen molar-refractivity contribution in [1.29, 1.82) is 0 Å². The highest BCUT2D eigenvalue weighted by Gasteiger charge is 2.20. The number of pyridine rings is 1. The fraction of sp³-hybridized carbons (Fsp3) is 0.250. The number of benzene rings is 2. The summed E-state index contributed by atoms with van der Waals surface area (Å²) in [7, 11) is 0. The van der Waals surface area contributed by atoms with Gasteiger partial charge in [0.1, 0.15) is 5.82 Å². The van der Waals surface area contributed by atoms with Crippen molar-refractivity contribution in [3.05, 3.63) is 90.1 Å². The average molecular weight is 371 g/mol. The Balaban J connectivity index is 1.30. The van der Waals surface area contributed by atoms with Crippen LogP contribution in [0, 0.1) is 5.92 Å². The number of hydrogen-bond acceptors (Lipinski definition) is 3. The van der Waals surface area contributed by atoms with Crippen molar-refractivity contribution < 1.29 is 4.79 Å². The van der Waals surface area contributed by atoms with Gasteiger partial charge < -0.3 is 10.2 Å². The number of anilines is 2. The first-order chi connectivity index (χ1) is 13.8. The Bertz CT molecular complexity index is 886. The Kier molecular flexibility index (Phi) is 5.66. The Morgan fingerprint density at radius 2 is 1.61 bits per heavy atom. The number of hydrogen-bond donors (Lipinski definition) is 1. The molecule has 0 bridgehead atoms. The van der Waals surface area contributed by atoms with Crippen LogP contribution < -0.4 is 10.2 Å². The minimum absolute atomic E-state index is 0.114. The third-order valence-corrected chi connectivity index (χ3v) is 5.35. The van der Waals surface area contributed by atoms with E-state index in [4.69, 9.17) is 0 Å². The van der Waals surface area contributed by atoms with Crippen LogP contribution in [-0.4, -0.2) is 24.0 Å². The minimum atomic E-state index is -0.114. The lowest BCUT2D eigenvalue weighted by atomic mass is 9.90. The molecule has 1 fully saturated rings. The van der Waals surface area contributed by atoms with Crippen molar-refractivity contribution in [1.82, 2.24) is 4.98 Å². The van der Waals surface area contributed by atoms with E-state index in [1.165, 1.54) is 18.4 Å². The number of piperidine rings is 1. The van der Waals surface area contributed by atoms with Gasteiger partial charge in [0.2, 0.25) is 0 Å². The van der Waals surface area contributed by atoms with Gasteiger partial charge >= 0.3 is 0 Å². The molecule has 1 amide bonds. The number of nitrogens with one attached hydrogen (secondary N) is 1. The Morgan fingerprint density at radius 1 is 0.929 bits per heavy atom. The molecular weight excluding hydrogens is 346 g/mol. The molecule has 0 aliphatic carbocycles. The topological polar surface area (TPSA) is 45.2 Å². The summed E-state index contributed by atoms with van der Waals surface area (Å²) in [6, 6.07) is 23.9. The maximum absolute atomic E-state index is 12.2. The van der Waals surface area contributed by atoms with Crippen molar-refractivity contribution in [2.24, 2.45) is 5.92 Å². The molecule has 2 aromatic carbocycles. The zero-order valence-electron chi connectivity index (χ0n) is 15.9. The van der Waals surface area contributed by atoms with Gasteiger partial charge in [-0.3, -0.25) is 4.79 Å². The van der Waals surface area contributed by atoms with Gasteiger partial charge in [0.15, 0.2) is 0 Å². The van der Waals surface area contributed by atoms with Crippen LogP contribution in [0.4, 0.5) is 11.5 Å². The van der Waals surface area contributed by atoms with Crippen LogP contribution in [-0.2, 0) is 6.42 Å². The number of nitrogens with zero attached hydrogens (tertiary/aromatic N) is 2. The lowest BCUT2D eigenvalue weighted by Gasteiger charge is -2.33. The normalized spacial score (nSPS) is 14.6. The molecule has 1 N–H and O–H groups in total. The van der Waals surface area contributed by atoms with Crippen molar-refractivity contribution in [3.8, 4) is 0 Å². The number of rotatable bonds is 5. The number of amides is 1. The van der Waals surface area contributed by atoms with E-state index in [1.54, 1.807) is 18.3 Å². The van der Waals surface area contributed by atoms with Gasteiger partial charge in [0, 0.05) is 18.7 Å². The molecule has 0 unspecified atom stereocenters. The Morgan fingerprint density at radius 3 is 2.25 bits per heavy atom. The second-order valence-corrected chi connectivity index (χ2v) is 7.35. The van der Waals surface area contributed by atoms with E-state index in [9.17, 15) is 4.79 Å². The van der Waals surface area contributed by atoms with Crippen LogP contribution in [0.3, 0.4) is 0 Å². The molecule has 3 aromatic rings. The summed E-state index contributed by atoms with van der Waals surface area (Å²) in [5, 5.41) is 2.90. The zero-order valence-corrected chi connectivity index (χ0v) is 15.9. The van der Waals surface area contributed by atoms with Gasteiger partial charge in [-0.05, 0) is 55.0 Å². The number of carbonyl (C=O) groups is 1. The van der Waals surface area contributed by atoms with E-state index in [1.807, 2.05) is 30.3 Å². The first-order valence-electron chi connectivity index (χ1n) is 9.89. The van der Waals surface area contributed by atoms with E-state index in [-0.39, 0.29) is 5.91 Å². The first-order valence-corrected chi connectivity index (χ1v) is 9.89. The van der Waals surface area contributed by atoms with Crippen LogP contribution in [0.1, 0.15) is 28.8 Å². The summed E-state index contributed by atoms with van der Waals surface area (Å²) < 4.78 is 0. The van der Waals surface area contributed by atoms with Gasteiger partial charge in [0.25, 0.3) is 5.91 Å². The van der Waals surface area contributed by atoms with E-state index in [0.717, 1.165) is 36.9 Å². The molecule has 1 aromatic heterocycles. The maximum atomic E-state index is 12.2. The third kappa shape index (κ3) is 4.58. The molecule has 1 saturated heterocycles. The summed E-state index contributed by atoms with van der Waals surface area (Å²) in [4.78, 5) is 19.1. The quantitative estimate of drug-likeness (QED) is 0.701. The highest BCUT2D eigenvalue weighted by molar-refractivity contribution is 6.04. The van der Waals surface area contributed by atoms with Gasteiger partial charge in [-0.1, -0.05) is 48.5 Å². The molecule has 1 aliphatic heterocycles. The molecule has 0 spiro atoms. The molecule has 0 radical (unpaired) electrons. The summed E-state index contributed by atoms with van der Waals surface area (Å²) >= 11 is 0. The van der Waals surface area contributed by atoms with Crippen LogP contribution in [0.15, 0.2) is 79.0 Å². The van der Waals surface area contributed by atoms with Crippen molar-refractivity contribution >= 4 is 17.4 Å². The maximum Gasteiger partial charge on any atom is 0.255 e. The van der Waals surface area contributed by atoms with Crippen molar-refractivity contribution in [2.45, 2.75) is 19.3 Å². The third-order valence-electron chi connectivity index (χ3n) is 5.35. The van der Waals surface area contributed by atoms with Crippen LogP contribution in [0.2, 0.25) is 0 Å². The summed E-state index contributed by atoms with van der Waals surface area (Å²) in [6.45, 7) is 2.06. The molecular formula is C24H25N3O. The summed E-state index contributed by atoms with van der Waals surface area (Å²) in [5.74, 6) is 1.61. The van der Waals surface area contributed by atoms with Crippen LogP contribution >= 0.6 is 0 Å². The van der Waals surface area contributed by atoms with Gasteiger partial charge in [0.05, 0.1) is 11.9 Å². The summed E-state index contributed by atoms with van der Waals surface area (Å²) in [6.07, 6.45) is 5.27. The lowest BCUT2D eigenvalue weighted by molar-refractivity contribution is 0.102. The minimum Gasteiger partial charge on any atom is -0.357 e. The van der Waals surface area contributed by atoms with Crippen LogP contribution in [0.25, 0.3) is 0 Å². The monoisotopic (exact) mass is 371 g/mol. The lowest BCUT2D eigenvalue weighted by Crippen LogP contribution is -2.34. The molecule has 1 aliphatic rings. The predicted octanol–water partition coefficient (Wildman–Crippen LogP) is 4.79. The van der Waals surface area contributed by atoms with Gasteiger partial charge in [-0.15, -0.1) is 0 Å². The molecule has 4 nitrogen and oxygen atoms in total. The van der Waals surface area contributed by atoms with Gasteiger partial charge in [-0.25, -0.2) is 4.98 Å². The average Bonchev–Trinajstić information content (AvgIpc) is 2.76. The Labute approximate surface area is 166 Å². The fourth-order valence-corrected chi connectivity index (χ4v) is 3.75. The second-order valence-electron chi connectivity index (χ2n) is 7.35. The Hall–Kier alpha value is -3.14. The molecule has 0 saturated carbocycles. The fourth-order valence-electron chi connectivity index (χ4n) is 3.75. The van der Waals surface area contributed by atoms with Crippen LogP contribution in [0.5, 0.6) is 0 Å². The molecule has 4 heteroatoms. The predicted molar refractivity (Wildman–Crippen MR) is 114 cm³/mol. The number of carbonyl (C=O) groups excluding carboxylic acids is 1. The highest BCUT2D eigenvalue weighted by atomic mass is 16.1. The standard InChI is InChI=1S/C24H25N3O/c28-24(21-9-5-2-6-10-21)26-22-11-12-23(25-18-22)27-15-13-20(14-16-27)17-19-7-3-1-4-8-19/h1-12,18,20H,13-17H2,(H,26,28). The van der Waals surface area contributed by atoms with Crippen molar-refractivity contribution in [3.63, 3.8) is 0 Å². The second kappa shape index (κ2) is 8.70. The van der Waals surface area contributed by atoms with E-state index >= 15 is 0 Å². The smallest absolute Gasteiger partial charge is 0.255 e. The van der Waals surface area contributed by atoms with E-state index < -0.39 is 0 Å². The SMILES string of the molecule is O=C(Nc1ccc(N2CCC(Cc3ccccc3)CC2)nc1)c1ccccc1. The largest absolute Gasteiger partial charge is 0.357 e. The highest BCUT2D eigenvalue weighted by Crippen LogP contribution is 2.25. The zero-order chi connectivity index (χ0) is 19.2. The first kappa shape index (κ1) is 18.2. The van der Waals surface area contributed by atoms with Crippen molar-refractivity contribution in [2.75, 3.05) is 23.3 Å². The van der Waals surface area contributed by atoms with Gasteiger partial charge in [-0.2, -0.15) is 0 Å².